The van der Waals surface area contributed by atoms with Gasteiger partial charge in [0.1, 0.15) is 12.5 Å². The van der Waals surface area contributed by atoms with Gasteiger partial charge in [-0.2, -0.15) is 0 Å². The van der Waals surface area contributed by atoms with E-state index >= 15 is 0 Å². The van der Waals surface area contributed by atoms with E-state index in [0.29, 0.717) is 0 Å². The molecule has 1 saturated heterocycles. The number of halogens is 2. The van der Waals surface area contributed by atoms with Crippen molar-refractivity contribution in [1.82, 2.24) is 4.90 Å². The summed E-state index contributed by atoms with van der Waals surface area (Å²) in [7, 11) is 0. The minimum absolute atomic E-state index is 0.0177. The predicted molar refractivity (Wildman–Crippen MR) is 77.9 cm³/mol. The van der Waals surface area contributed by atoms with Gasteiger partial charge in [0, 0.05) is 19.5 Å². The van der Waals surface area contributed by atoms with E-state index in [0.717, 1.165) is 10.5 Å². The van der Waals surface area contributed by atoms with E-state index in [4.69, 9.17) is 4.74 Å². The van der Waals surface area contributed by atoms with Crippen molar-refractivity contribution in [3.05, 3.63) is 35.9 Å². The quantitative estimate of drug-likeness (QED) is 0.798. The number of hydrogen-bond donors (Lipinski definition) is 0. The highest BCUT2D eigenvalue weighted by molar-refractivity contribution is 5.76. The molecular formula is C16H19F2NO4. The van der Waals surface area contributed by atoms with Gasteiger partial charge in [0.2, 0.25) is 0 Å². The molecule has 0 saturated carbocycles. The Bertz CT molecular complexity index is 550. The summed E-state index contributed by atoms with van der Waals surface area (Å²) in [6.45, 7) is 1.06. The van der Waals surface area contributed by atoms with Gasteiger partial charge in [0.15, 0.2) is 0 Å². The lowest BCUT2D eigenvalue weighted by molar-refractivity contribution is -0.171. The third-order valence-corrected chi connectivity index (χ3v) is 3.66. The van der Waals surface area contributed by atoms with Gasteiger partial charge in [-0.25, -0.2) is 13.6 Å². The summed E-state index contributed by atoms with van der Waals surface area (Å²) in [5.74, 6) is -5.82. The first-order chi connectivity index (χ1) is 10.9. The number of amides is 1. The number of carbonyl (C=O) groups is 2. The Morgan fingerprint density at radius 3 is 2.61 bits per heavy atom. The first-order valence-electron chi connectivity index (χ1n) is 7.44. The zero-order valence-electron chi connectivity index (χ0n) is 12.8. The lowest BCUT2D eigenvalue weighted by Crippen LogP contribution is -2.52. The van der Waals surface area contributed by atoms with E-state index in [1.54, 1.807) is 31.2 Å². The number of carbonyl (C=O) groups excluding carboxylic acids is 2. The molecule has 1 aromatic rings. The van der Waals surface area contributed by atoms with Crippen LogP contribution in [0.4, 0.5) is 13.6 Å². The Morgan fingerprint density at radius 1 is 1.26 bits per heavy atom. The van der Waals surface area contributed by atoms with Crippen LogP contribution in [0.1, 0.15) is 18.9 Å². The summed E-state index contributed by atoms with van der Waals surface area (Å²) in [6, 6.07) is 9.03. The molecular weight excluding hydrogens is 308 g/mol. The molecule has 1 aromatic carbocycles. The van der Waals surface area contributed by atoms with Crippen molar-refractivity contribution in [2.24, 2.45) is 5.92 Å². The normalized spacial score (nSPS) is 20.0. The molecule has 23 heavy (non-hydrogen) atoms. The second-order valence-corrected chi connectivity index (χ2v) is 5.30. The van der Waals surface area contributed by atoms with Crippen LogP contribution in [-0.2, 0) is 20.9 Å². The Kier molecular flexibility index (Phi) is 5.52. The molecule has 7 heteroatoms. The molecule has 0 N–H and O–H groups in total. The van der Waals surface area contributed by atoms with Crippen LogP contribution in [0, 0.1) is 5.92 Å². The Labute approximate surface area is 133 Å². The van der Waals surface area contributed by atoms with Crippen LogP contribution in [0.3, 0.4) is 0 Å². The van der Waals surface area contributed by atoms with Gasteiger partial charge in [-0.15, -0.1) is 0 Å². The lowest BCUT2D eigenvalue weighted by atomic mass is 9.94. The smallest absolute Gasteiger partial charge is 0.410 e. The molecule has 1 heterocycles. The molecule has 0 spiro atoms. The topological polar surface area (TPSA) is 55.8 Å². The Balaban J connectivity index is 1.94. The van der Waals surface area contributed by atoms with E-state index in [1.165, 1.54) is 0 Å². The summed E-state index contributed by atoms with van der Waals surface area (Å²) in [5.41, 5.74) is 0.796. The largest absolute Gasteiger partial charge is 0.466 e. The molecule has 1 aliphatic heterocycles. The number of nitrogens with zero attached hydrogens (tertiary/aromatic N) is 1. The fourth-order valence-corrected chi connectivity index (χ4v) is 2.37. The lowest BCUT2D eigenvalue weighted by Gasteiger charge is -2.36. The van der Waals surface area contributed by atoms with Gasteiger partial charge in [-0.1, -0.05) is 30.3 Å². The maximum Gasteiger partial charge on any atom is 0.410 e. The zero-order valence-corrected chi connectivity index (χ0v) is 12.8. The van der Waals surface area contributed by atoms with Crippen molar-refractivity contribution < 1.29 is 27.8 Å². The summed E-state index contributed by atoms with van der Waals surface area (Å²) < 4.78 is 37.5. The summed E-state index contributed by atoms with van der Waals surface area (Å²) in [6.07, 6.45) is -1.30. The SMILES string of the molecule is CCOC(=O)[C@H]1CN(C(=O)OCc2ccccc2)CCC1(F)F. The van der Waals surface area contributed by atoms with Gasteiger partial charge >= 0.3 is 12.1 Å². The van der Waals surface area contributed by atoms with E-state index < -0.39 is 36.9 Å². The number of benzene rings is 1. The molecule has 2 rings (SSSR count). The molecule has 1 atom stereocenters. The van der Waals surface area contributed by atoms with E-state index in [9.17, 15) is 18.4 Å². The first kappa shape index (κ1) is 17.2. The number of hydrogen-bond acceptors (Lipinski definition) is 4. The van der Waals surface area contributed by atoms with Crippen molar-refractivity contribution in [2.45, 2.75) is 25.9 Å². The monoisotopic (exact) mass is 327 g/mol. The highest BCUT2D eigenvalue weighted by Crippen LogP contribution is 2.34. The number of piperidine rings is 1. The maximum atomic E-state index is 13.9. The molecule has 1 fully saturated rings. The summed E-state index contributed by atoms with van der Waals surface area (Å²) >= 11 is 0. The standard InChI is InChI=1S/C16H19F2NO4/c1-2-22-14(20)13-10-19(9-8-16(13,17)18)15(21)23-11-12-6-4-3-5-7-12/h3-7,13H,2,8-11H2,1H3/t13-/m1/s1. The molecule has 0 bridgehead atoms. The van der Waals surface area contributed by atoms with Crippen LogP contribution < -0.4 is 0 Å². The average molecular weight is 327 g/mol. The Morgan fingerprint density at radius 2 is 1.96 bits per heavy atom. The first-order valence-corrected chi connectivity index (χ1v) is 7.44. The highest BCUT2D eigenvalue weighted by Gasteiger charge is 2.50. The van der Waals surface area contributed by atoms with Crippen LogP contribution in [0.25, 0.3) is 0 Å². The number of rotatable bonds is 4. The highest BCUT2D eigenvalue weighted by atomic mass is 19.3. The maximum absolute atomic E-state index is 13.9. The fourth-order valence-electron chi connectivity index (χ4n) is 2.37. The van der Waals surface area contributed by atoms with Gasteiger partial charge in [0.25, 0.3) is 5.92 Å². The summed E-state index contributed by atoms with van der Waals surface area (Å²) in [5, 5.41) is 0. The van der Waals surface area contributed by atoms with Gasteiger partial charge < -0.3 is 14.4 Å². The average Bonchev–Trinajstić information content (AvgIpc) is 2.53. The van der Waals surface area contributed by atoms with Crippen molar-refractivity contribution in [3.63, 3.8) is 0 Å². The second-order valence-electron chi connectivity index (χ2n) is 5.30. The summed E-state index contributed by atoms with van der Waals surface area (Å²) in [4.78, 5) is 24.8. The molecule has 0 unspecified atom stereocenters. The van der Waals surface area contributed by atoms with Crippen molar-refractivity contribution in [1.29, 1.82) is 0 Å². The fraction of sp³-hybridized carbons (Fsp3) is 0.500. The van der Waals surface area contributed by atoms with Crippen LogP contribution in [0.2, 0.25) is 0 Å². The number of alkyl halides is 2. The van der Waals surface area contributed by atoms with E-state index in [1.807, 2.05) is 6.07 Å². The van der Waals surface area contributed by atoms with Crippen molar-refractivity contribution >= 4 is 12.1 Å². The second kappa shape index (κ2) is 7.39. The number of ether oxygens (including phenoxy) is 2. The van der Waals surface area contributed by atoms with Gasteiger partial charge in [-0.3, -0.25) is 4.79 Å². The van der Waals surface area contributed by atoms with Crippen LogP contribution in [0.15, 0.2) is 30.3 Å². The molecule has 1 aliphatic rings. The molecule has 0 radical (unpaired) electrons. The van der Waals surface area contributed by atoms with E-state index in [2.05, 4.69) is 4.74 Å². The number of esters is 1. The third-order valence-electron chi connectivity index (χ3n) is 3.66. The molecule has 126 valence electrons. The van der Waals surface area contributed by atoms with Crippen molar-refractivity contribution in [2.75, 3.05) is 19.7 Å². The minimum atomic E-state index is -3.18. The van der Waals surface area contributed by atoms with Crippen LogP contribution >= 0.6 is 0 Å². The van der Waals surface area contributed by atoms with E-state index in [-0.39, 0.29) is 19.8 Å². The minimum Gasteiger partial charge on any atom is -0.466 e. The number of likely N-dealkylation sites (tertiary alicyclic amines) is 1. The molecule has 5 nitrogen and oxygen atoms in total. The zero-order chi connectivity index (χ0) is 16.9. The van der Waals surface area contributed by atoms with Gasteiger partial charge in [-0.05, 0) is 12.5 Å². The predicted octanol–water partition coefficient (Wildman–Crippen LogP) is 2.84. The Hall–Kier alpha value is -2.18. The van der Waals surface area contributed by atoms with Crippen LogP contribution in [0.5, 0.6) is 0 Å². The van der Waals surface area contributed by atoms with Gasteiger partial charge in [0.05, 0.1) is 6.61 Å². The van der Waals surface area contributed by atoms with Crippen LogP contribution in [-0.4, -0.2) is 42.6 Å². The molecule has 0 aromatic heterocycles. The third kappa shape index (κ3) is 4.40. The molecule has 0 aliphatic carbocycles. The molecule has 1 amide bonds. The van der Waals surface area contributed by atoms with Crippen molar-refractivity contribution in [3.8, 4) is 0 Å².